The highest BCUT2D eigenvalue weighted by molar-refractivity contribution is 7.22. The molecule has 1 N–H and O–H groups in total. The van der Waals surface area contributed by atoms with Crippen LogP contribution in [0.4, 0.5) is 10.8 Å². The van der Waals surface area contributed by atoms with Gasteiger partial charge in [0.1, 0.15) is 0 Å². The minimum Gasteiger partial charge on any atom is -0.378 e. The summed E-state index contributed by atoms with van der Waals surface area (Å²) < 4.78 is 1.12. The zero-order chi connectivity index (χ0) is 20.3. The van der Waals surface area contributed by atoms with Gasteiger partial charge in [0, 0.05) is 38.3 Å². The average Bonchev–Trinajstić information content (AvgIpc) is 3.07. The third-order valence-corrected chi connectivity index (χ3v) is 5.74. The number of aryl methyl sites for hydroxylation is 1. The number of hydrogen-bond donors (Lipinski definition) is 1. The number of carbonyl (C=O) groups is 1. The van der Waals surface area contributed by atoms with Crippen molar-refractivity contribution in [1.29, 1.82) is 0 Å². The van der Waals surface area contributed by atoms with E-state index in [-0.39, 0.29) is 5.91 Å². The van der Waals surface area contributed by atoms with Crippen molar-refractivity contribution in [2.45, 2.75) is 13.3 Å². The normalized spacial score (nSPS) is 11.2. The largest absolute Gasteiger partial charge is 0.378 e. The smallest absolute Gasteiger partial charge is 0.260 e. The molecule has 0 aliphatic carbocycles. The van der Waals surface area contributed by atoms with E-state index in [1.165, 1.54) is 10.5 Å². The summed E-state index contributed by atoms with van der Waals surface area (Å²) in [5.74, 6) is 0.00911. The fraction of sp³-hybridized carbons (Fsp3) is 0.364. The summed E-state index contributed by atoms with van der Waals surface area (Å²) in [6, 6.07) is 14.0. The standard InChI is InChI=1S/C22H28N4OS/c1-16-7-12-19-20(15-16)28-22(23-19)26(14-6-13-24(2)3)21(27)17-8-10-18(11-9-17)25(4)5/h7-12,15H,6,13-14H2,1-5H3/p+1. The fourth-order valence-corrected chi connectivity index (χ4v) is 4.16. The third-order valence-electron chi connectivity index (χ3n) is 4.70. The summed E-state index contributed by atoms with van der Waals surface area (Å²) in [5, 5.41) is 0.774. The molecule has 0 spiro atoms. The maximum Gasteiger partial charge on any atom is 0.260 e. The lowest BCUT2D eigenvalue weighted by Gasteiger charge is -2.21. The molecule has 3 aromatic rings. The molecule has 1 aromatic heterocycles. The molecule has 0 fully saturated rings. The highest BCUT2D eigenvalue weighted by atomic mass is 32.1. The zero-order valence-electron chi connectivity index (χ0n) is 17.3. The molecular weight excluding hydrogens is 368 g/mol. The highest BCUT2D eigenvalue weighted by Crippen LogP contribution is 2.30. The summed E-state index contributed by atoms with van der Waals surface area (Å²) >= 11 is 1.59. The van der Waals surface area contributed by atoms with Gasteiger partial charge >= 0.3 is 0 Å². The maximum atomic E-state index is 13.3. The summed E-state index contributed by atoms with van der Waals surface area (Å²) in [5.41, 5.74) is 3.92. The number of rotatable bonds is 7. The molecule has 0 bridgehead atoms. The highest BCUT2D eigenvalue weighted by Gasteiger charge is 2.21. The van der Waals surface area contributed by atoms with Crippen LogP contribution >= 0.6 is 11.3 Å². The van der Waals surface area contributed by atoms with Crippen LogP contribution < -0.4 is 14.7 Å². The van der Waals surface area contributed by atoms with Crippen molar-refractivity contribution in [3.05, 3.63) is 53.6 Å². The van der Waals surface area contributed by atoms with Gasteiger partial charge in [-0.15, -0.1) is 0 Å². The molecule has 0 radical (unpaired) electrons. The number of anilines is 2. The van der Waals surface area contributed by atoms with Gasteiger partial charge in [0.15, 0.2) is 5.13 Å². The van der Waals surface area contributed by atoms with Crippen LogP contribution in [0.2, 0.25) is 0 Å². The number of fused-ring (bicyclic) bond motifs is 1. The van der Waals surface area contributed by atoms with E-state index >= 15 is 0 Å². The molecule has 0 aliphatic rings. The van der Waals surface area contributed by atoms with Crippen LogP contribution in [-0.2, 0) is 0 Å². The zero-order valence-corrected chi connectivity index (χ0v) is 18.1. The van der Waals surface area contributed by atoms with Crippen LogP contribution in [0.15, 0.2) is 42.5 Å². The van der Waals surface area contributed by atoms with Gasteiger partial charge in [-0.1, -0.05) is 17.4 Å². The molecule has 1 heterocycles. The number of nitrogens with one attached hydrogen (secondary N) is 1. The summed E-state index contributed by atoms with van der Waals surface area (Å²) in [6.07, 6.45) is 0.929. The Bertz CT molecular complexity index is 947. The van der Waals surface area contributed by atoms with Gasteiger partial charge < -0.3 is 9.80 Å². The summed E-state index contributed by atoms with van der Waals surface area (Å²) in [6.45, 7) is 3.75. The van der Waals surface area contributed by atoms with Crippen molar-refractivity contribution in [2.24, 2.45) is 0 Å². The van der Waals surface area contributed by atoms with E-state index in [0.717, 1.165) is 34.0 Å². The van der Waals surface area contributed by atoms with Gasteiger partial charge in [0.25, 0.3) is 5.91 Å². The first-order chi connectivity index (χ1) is 13.3. The number of aromatic nitrogens is 1. The third kappa shape index (κ3) is 4.69. The topological polar surface area (TPSA) is 40.9 Å². The molecule has 1 amide bonds. The molecule has 0 saturated carbocycles. The second kappa shape index (κ2) is 8.71. The molecule has 3 rings (SSSR count). The predicted octanol–water partition coefficient (Wildman–Crippen LogP) is 2.85. The van der Waals surface area contributed by atoms with E-state index in [2.05, 4.69) is 33.2 Å². The van der Waals surface area contributed by atoms with E-state index < -0.39 is 0 Å². The number of nitrogens with zero attached hydrogens (tertiary/aromatic N) is 3. The Morgan fingerprint density at radius 1 is 1.11 bits per heavy atom. The van der Waals surface area contributed by atoms with Gasteiger partial charge in [-0.25, -0.2) is 4.98 Å². The average molecular weight is 398 g/mol. The van der Waals surface area contributed by atoms with Crippen LogP contribution in [0, 0.1) is 6.92 Å². The SMILES string of the molecule is Cc1ccc2nc(N(CCC[NH+](C)C)C(=O)c3ccc(N(C)C)cc3)sc2c1. The Morgan fingerprint density at radius 2 is 1.82 bits per heavy atom. The van der Waals surface area contributed by atoms with E-state index in [9.17, 15) is 4.79 Å². The molecule has 0 saturated heterocycles. The first-order valence-corrected chi connectivity index (χ1v) is 10.4. The number of amides is 1. The quantitative estimate of drug-likeness (QED) is 0.667. The van der Waals surface area contributed by atoms with Crippen molar-refractivity contribution < 1.29 is 9.69 Å². The first kappa shape index (κ1) is 20.3. The lowest BCUT2D eigenvalue weighted by molar-refractivity contribution is -0.858. The van der Waals surface area contributed by atoms with E-state index in [1.54, 1.807) is 11.3 Å². The van der Waals surface area contributed by atoms with Gasteiger partial charge in [0.05, 0.1) is 30.9 Å². The van der Waals surface area contributed by atoms with Crippen molar-refractivity contribution in [1.82, 2.24) is 4.98 Å². The predicted molar refractivity (Wildman–Crippen MR) is 119 cm³/mol. The summed E-state index contributed by atoms with van der Waals surface area (Å²) in [4.78, 5) is 23.3. The molecule has 0 unspecified atom stereocenters. The van der Waals surface area contributed by atoms with Crippen LogP contribution in [0.5, 0.6) is 0 Å². The monoisotopic (exact) mass is 397 g/mol. The molecule has 148 valence electrons. The molecule has 0 atom stereocenters. The lowest BCUT2D eigenvalue weighted by atomic mass is 10.1. The van der Waals surface area contributed by atoms with Gasteiger partial charge in [-0.3, -0.25) is 9.69 Å². The van der Waals surface area contributed by atoms with Crippen molar-refractivity contribution in [3.8, 4) is 0 Å². The minimum atomic E-state index is 0.00911. The number of benzene rings is 2. The number of hydrogen-bond acceptors (Lipinski definition) is 4. The fourth-order valence-electron chi connectivity index (χ4n) is 3.07. The Hall–Kier alpha value is -2.44. The first-order valence-electron chi connectivity index (χ1n) is 9.60. The van der Waals surface area contributed by atoms with Gasteiger partial charge in [0.2, 0.25) is 0 Å². The van der Waals surface area contributed by atoms with Crippen LogP contribution in [-0.4, -0.2) is 52.2 Å². The molecular formula is C22H29N4OS+. The maximum absolute atomic E-state index is 13.3. The molecule has 2 aromatic carbocycles. The van der Waals surface area contributed by atoms with E-state index in [1.807, 2.05) is 54.2 Å². The van der Waals surface area contributed by atoms with E-state index in [4.69, 9.17) is 4.98 Å². The second-order valence-electron chi connectivity index (χ2n) is 7.68. The number of thiazole rings is 1. The van der Waals surface area contributed by atoms with Crippen molar-refractivity contribution in [2.75, 3.05) is 51.1 Å². The van der Waals surface area contributed by atoms with E-state index in [0.29, 0.717) is 12.1 Å². The molecule has 0 aliphatic heterocycles. The van der Waals surface area contributed by atoms with Gasteiger partial charge in [-0.05, 0) is 48.9 Å². The Labute approximate surface area is 171 Å². The lowest BCUT2D eigenvalue weighted by Crippen LogP contribution is -3.05. The number of carbonyl (C=O) groups excluding carboxylic acids is 1. The van der Waals surface area contributed by atoms with Crippen molar-refractivity contribution >= 4 is 38.3 Å². The minimum absolute atomic E-state index is 0.00911. The Kier molecular flexibility index (Phi) is 6.31. The Balaban J connectivity index is 1.91. The molecule has 28 heavy (non-hydrogen) atoms. The van der Waals surface area contributed by atoms with Crippen LogP contribution in [0.3, 0.4) is 0 Å². The molecule has 6 heteroatoms. The van der Waals surface area contributed by atoms with Crippen molar-refractivity contribution in [3.63, 3.8) is 0 Å². The van der Waals surface area contributed by atoms with Crippen LogP contribution in [0.25, 0.3) is 10.2 Å². The number of quaternary nitrogens is 1. The van der Waals surface area contributed by atoms with Crippen LogP contribution in [0.1, 0.15) is 22.3 Å². The Morgan fingerprint density at radius 3 is 2.46 bits per heavy atom. The van der Waals surface area contributed by atoms with Gasteiger partial charge in [-0.2, -0.15) is 0 Å². The molecule has 5 nitrogen and oxygen atoms in total. The second-order valence-corrected chi connectivity index (χ2v) is 8.69. The summed E-state index contributed by atoms with van der Waals surface area (Å²) in [7, 11) is 8.25.